The van der Waals surface area contributed by atoms with Crippen LogP contribution < -0.4 is 5.32 Å². The largest absolute Gasteiger partial charge is 0.480 e. The van der Waals surface area contributed by atoms with Gasteiger partial charge in [0.1, 0.15) is 6.04 Å². The van der Waals surface area contributed by atoms with Gasteiger partial charge in [0.15, 0.2) is 0 Å². The number of carboxylic acids is 1. The molecule has 1 aliphatic rings. The molecule has 1 fully saturated rings. The van der Waals surface area contributed by atoms with Gasteiger partial charge < -0.3 is 10.4 Å². The predicted octanol–water partition coefficient (Wildman–Crippen LogP) is 1.90. The number of carbonyl (C=O) groups is 2. The molecule has 118 valence electrons. The van der Waals surface area contributed by atoms with Gasteiger partial charge in [-0.15, -0.1) is 23.7 Å². The summed E-state index contributed by atoms with van der Waals surface area (Å²) in [5, 5.41) is 11.9. The van der Waals surface area contributed by atoms with Gasteiger partial charge in [-0.05, 0) is 37.9 Å². The summed E-state index contributed by atoms with van der Waals surface area (Å²) in [7, 11) is 0. The second kappa shape index (κ2) is 8.36. The van der Waals surface area contributed by atoms with E-state index in [4.69, 9.17) is 5.11 Å². The van der Waals surface area contributed by atoms with Gasteiger partial charge in [0, 0.05) is 9.75 Å². The molecular formula is C14H21ClN2O3S. The van der Waals surface area contributed by atoms with Crippen LogP contribution in [0.15, 0.2) is 12.1 Å². The summed E-state index contributed by atoms with van der Waals surface area (Å²) in [5.74, 6) is -0.939. The van der Waals surface area contributed by atoms with Gasteiger partial charge in [0.25, 0.3) is 0 Å². The fourth-order valence-corrected chi connectivity index (χ4v) is 3.33. The molecular weight excluding hydrogens is 312 g/mol. The quantitative estimate of drug-likeness (QED) is 0.834. The second-order valence-corrected chi connectivity index (χ2v) is 6.22. The smallest absolute Gasteiger partial charge is 0.320 e. The fourth-order valence-electron chi connectivity index (χ4n) is 2.43. The summed E-state index contributed by atoms with van der Waals surface area (Å²) in [4.78, 5) is 27.1. The van der Waals surface area contributed by atoms with Gasteiger partial charge in [-0.3, -0.25) is 14.5 Å². The van der Waals surface area contributed by atoms with Crippen molar-refractivity contribution in [2.45, 2.75) is 38.8 Å². The zero-order valence-corrected chi connectivity index (χ0v) is 13.6. The molecule has 1 aromatic rings. The molecule has 1 saturated heterocycles. The summed E-state index contributed by atoms with van der Waals surface area (Å²) in [6, 6.07) is 3.60. The molecule has 0 aliphatic carbocycles. The van der Waals surface area contributed by atoms with Gasteiger partial charge >= 0.3 is 5.97 Å². The molecule has 2 rings (SSSR count). The maximum absolute atomic E-state index is 11.9. The van der Waals surface area contributed by atoms with E-state index in [9.17, 15) is 9.59 Å². The molecule has 1 unspecified atom stereocenters. The topological polar surface area (TPSA) is 69.6 Å². The van der Waals surface area contributed by atoms with Crippen LogP contribution in [0.5, 0.6) is 0 Å². The minimum absolute atomic E-state index is 0. The first kappa shape index (κ1) is 17.9. The number of nitrogens with one attached hydrogen (secondary N) is 1. The van der Waals surface area contributed by atoms with E-state index >= 15 is 0 Å². The van der Waals surface area contributed by atoms with Crippen molar-refractivity contribution in [3.05, 3.63) is 21.9 Å². The van der Waals surface area contributed by atoms with E-state index in [0.29, 0.717) is 19.5 Å². The SMILES string of the molecule is CCc1ccc(CNC(=O)CN2CCCC2C(=O)O)s1.Cl. The third-order valence-corrected chi connectivity index (χ3v) is 4.75. The van der Waals surface area contributed by atoms with Crippen molar-refractivity contribution in [1.82, 2.24) is 10.2 Å². The average Bonchev–Trinajstić information content (AvgIpc) is 3.04. The summed E-state index contributed by atoms with van der Waals surface area (Å²) >= 11 is 1.70. The summed E-state index contributed by atoms with van der Waals surface area (Å²) in [6.45, 7) is 3.48. The molecule has 2 heterocycles. The van der Waals surface area contributed by atoms with E-state index in [2.05, 4.69) is 18.3 Å². The number of thiophene rings is 1. The van der Waals surface area contributed by atoms with Crippen LogP contribution in [0.25, 0.3) is 0 Å². The highest BCUT2D eigenvalue weighted by Gasteiger charge is 2.31. The lowest BCUT2D eigenvalue weighted by atomic mass is 10.2. The standard InChI is InChI=1S/C14H20N2O3S.ClH/c1-2-10-5-6-11(20-10)8-15-13(17)9-16-7-3-4-12(16)14(18)19;/h5-6,12H,2-4,7-9H2,1H3,(H,15,17)(H,18,19);1H. The average molecular weight is 333 g/mol. The fraction of sp³-hybridized carbons (Fsp3) is 0.571. The Kier molecular flexibility index (Phi) is 7.14. The maximum Gasteiger partial charge on any atom is 0.320 e. The molecule has 0 spiro atoms. The molecule has 0 aromatic carbocycles. The van der Waals surface area contributed by atoms with Crippen molar-refractivity contribution in [1.29, 1.82) is 0 Å². The van der Waals surface area contributed by atoms with Crippen LogP contribution in [-0.2, 0) is 22.6 Å². The Bertz CT molecular complexity index is 492. The summed E-state index contributed by atoms with van der Waals surface area (Å²) in [6.07, 6.45) is 2.48. The van der Waals surface area contributed by atoms with Crippen LogP contribution >= 0.6 is 23.7 Å². The lowest BCUT2D eigenvalue weighted by Gasteiger charge is -2.20. The van der Waals surface area contributed by atoms with Crippen molar-refractivity contribution in [3.63, 3.8) is 0 Å². The van der Waals surface area contributed by atoms with E-state index in [1.54, 1.807) is 16.2 Å². The first-order valence-corrected chi connectivity index (χ1v) is 7.73. The Morgan fingerprint density at radius 3 is 2.76 bits per heavy atom. The number of carboxylic acid groups (broad SMARTS) is 1. The monoisotopic (exact) mass is 332 g/mol. The van der Waals surface area contributed by atoms with Crippen molar-refractivity contribution in [3.8, 4) is 0 Å². The van der Waals surface area contributed by atoms with Gasteiger partial charge in [-0.1, -0.05) is 6.92 Å². The molecule has 5 nitrogen and oxygen atoms in total. The van der Waals surface area contributed by atoms with Crippen molar-refractivity contribution in [2.24, 2.45) is 0 Å². The molecule has 2 N–H and O–H groups in total. The Balaban J connectivity index is 0.00000220. The third kappa shape index (κ3) is 4.98. The molecule has 7 heteroatoms. The lowest BCUT2D eigenvalue weighted by Crippen LogP contribution is -2.42. The predicted molar refractivity (Wildman–Crippen MR) is 85.0 cm³/mol. The number of aliphatic carboxylic acids is 1. The number of nitrogens with zero attached hydrogens (tertiary/aromatic N) is 1. The van der Waals surface area contributed by atoms with Crippen molar-refractivity contribution < 1.29 is 14.7 Å². The molecule has 0 bridgehead atoms. The van der Waals surface area contributed by atoms with Crippen LogP contribution in [0.1, 0.15) is 29.5 Å². The molecule has 1 amide bonds. The maximum atomic E-state index is 11.9. The van der Waals surface area contributed by atoms with Crippen molar-refractivity contribution >= 4 is 35.6 Å². The molecule has 1 aliphatic heterocycles. The third-order valence-electron chi connectivity index (χ3n) is 3.52. The highest BCUT2D eigenvalue weighted by Crippen LogP contribution is 2.18. The normalized spacial score (nSPS) is 18.2. The van der Waals surface area contributed by atoms with Crippen molar-refractivity contribution in [2.75, 3.05) is 13.1 Å². The van der Waals surface area contributed by atoms with E-state index in [-0.39, 0.29) is 24.9 Å². The van der Waals surface area contributed by atoms with Gasteiger partial charge in [-0.25, -0.2) is 0 Å². The summed E-state index contributed by atoms with van der Waals surface area (Å²) in [5.41, 5.74) is 0. The number of carbonyl (C=O) groups excluding carboxylic acids is 1. The van der Waals surface area contributed by atoms with E-state index in [1.165, 1.54) is 4.88 Å². The van der Waals surface area contributed by atoms with Gasteiger partial charge in [0.2, 0.25) is 5.91 Å². The lowest BCUT2D eigenvalue weighted by molar-refractivity contribution is -0.142. The van der Waals surface area contributed by atoms with Gasteiger partial charge in [-0.2, -0.15) is 0 Å². The summed E-state index contributed by atoms with van der Waals surface area (Å²) < 4.78 is 0. The molecule has 21 heavy (non-hydrogen) atoms. The second-order valence-electron chi connectivity index (χ2n) is 4.97. The van der Waals surface area contributed by atoms with Crippen LogP contribution in [0.2, 0.25) is 0 Å². The first-order valence-electron chi connectivity index (χ1n) is 6.91. The molecule has 0 saturated carbocycles. The number of hydrogen-bond acceptors (Lipinski definition) is 4. The minimum Gasteiger partial charge on any atom is -0.480 e. The Labute approximate surface area is 134 Å². The highest BCUT2D eigenvalue weighted by molar-refractivity contribution is 7.11. The molecule has 0 radical (unpaired) electrons. The number of hydrogen-bond donors (Lipinski definition) is 2. The highest BCUT2D eigenvalue weighted by atomic mass is 35.5. The minimum atomic E-state index is -0.832. The zero-order valence-electron chi connectivity index (χ0n) is 12.0. The Hall–Kier alpha value is -1.11. The van der Waals surface area contributed by atoms with Crippen LogP contribution in [0, 0.1) is 0 Å². The van der Waals surface area contributed by atoms with Crippen LogP contribution in [0.3, 0.4) is 0 Å². The number of amides is 1. The first-order chi connectivity index (χ1) is 9.60. The number of rotatable bonds is 6. The molecule has 1 atom stereocenters. The number of likely N-dealkylation sites (tertiary alicyclic amines) is 1. The Morgan fingerprint density at radius 1 is 1.43 bits per heavy atom. The van der Waals surface area contributed by atoms with Crippen LogP contribution in [-0.4, -0.2) is 41.0 Å². The van der Waals surface area contributed by atoms with Crippen LogP contribution in [0.4, 0.5) is 0 Å². The van der Waals surface area contributed by atoms with Gasteiger partial charge in [0.05, 0.1) is 13.1 Å². The number of aryl methyl sites for hydroxylation is 1. The number of halogens is 1. The van der Waals surface area contributed by atoms with E-state index in [1.807, 2.05) is 6.07 Å². The zero-order chi connectivity index (χ0) is 14.5. The Morgan fingerprint density at radius 2 is 2.14 bits per heavy atom. The molecule has 1 aromatic heterocycles. The van der Waals surface area contributed by atoms with E-state index in [0.717, 1.165) is 17.7 Å². The van der Waals surface area contributed by atoms with E-state index < -0.39 is 12.0 Å².